The van der Waals surface area contributed by atoms with Crippen LogP contribution in [0.4, 0.5) is 5.69 Å². The van der Waals surface area contributed by atoms with Crippen LogP contribution in [0.3, 0.4) is 0 Å². The zero-order chi connectivity index (χ0) is 13.9. The molecule has 1 heterocycles. The van der Waals surface area contributed by atoms with E-state index in [4.69, 9.17) is 9.47 Å². The fourth-order valence-corrected chi connectivity index (χ4v) is 2.83. The zero-order valence-electron chi connectivity index (χ0n) is 11.0. The second kappa shape index (κ2) is 5.77. The Labute approximate surface area is 113 Å². The monoisotopic (exact) mass is 286 g/mol. The van der Waals surface area contributed by atoms with Crippen LogP contribution in [-0.4, -0.2) is 41.3 Å². The minimum atomic E-state index is -3.51. The molecule has 0 radical (unpaired) electrons. The quantitative estimate of drug-likeness (QED) is 0.783. The van der Waals surface area contributed by atoms with Gasteiger partial charge >= 0.3 is 0 Å². The van der Waals surface area contributed by atoms with Crippen molar-refractivity contribution in [2.45, 2.75) is 17.9 Å². The average molecular weight is 286 g/mol. The van der Waals surface area contributed by atoms with E-state index in [0.29, 0.717) is 24.6 Å². The Balaban J connectivity index is 2.17. The van der Waals surface area contributed by atoms with Crippen LogP contribution in [0.5, 0.6) is 5.75 Å². The van der Waals surface area contributed by atoms with Gasteiger partial charge in [0.2, 0.25) is 10.0 Å². The van der Waals surface area contributed by atoms with Crippen LogP contribution in [-0.2, 0) is 14.8 Å². The molecule has 0 spiro atoms. The first kappa shape index (κ1) is 14.1. The van der Waals surface area contributed by atoms with E-state index < -0.39 is 10.0 Å². The molecular formula is C12H18N2O4S. The number of anilines is 1. The molecular weight excluding hydrogens is 268 g/mol. The highest BCUT2D eigenvalue weighted by atomic mass is 32.2. The fraction of sp³-hybridized carbons (Fsp3) is 0.500. The first-order valence-corrected chi connectivity index (χ1v) is 7.54. The number of hydrogen-bond donors (Lipinski definition) is 2. The van der Waals surface area contributed by atoms with Crippen molar-refractivity contribution in [3.05, 3.63) is 18.2 Å². The van der Waals surface area contributed by atoms with Gasteiger partial charge in [-0.3, -0.25) is 0 Å². The van der Waals surface area contributed by atoms with Gasteiger partial charge in [0.1, 0.15) is 11.9 Å². The van der Waals surface area contributed by atoms with Crippen LogP contribution in [0, 0.1) is 0 Å². The summed E-state index contributed by atoms with van der Waals surface area (Å²) in [4.78, 5) is 0.216. The molecule has 0 saturated carbocycles. The molecule has 0 aliphatic carbocycles. The Morgan fingerprint density at radius 1 is 1.53 bits per heavy atom. The van der Waals surface area contributed by atoms with Gasteiger partial charge in [-0.2, -0.15) is 0 Å². The van der Waals surface area contributed by atoms with E-state index in [1.165, 1.54) is 13.2 Å². The first-order valence-electron chi connectivity index (χ1n) is 6.06. The minimum Gasteiger partial charge on any atom is -0.487 e. The summed E-state index contributed by atoms with van der Waals surface area (Å²) in [5, 5.41) is 3.15. The summed E-state index contributed by atoms with van der Waals surface area (Å²) in [6.07, 6.45) is 0.0785. The summed E-state index contributed by atoms with van der Waals surface area (Å²) in [5.74, 6) is 0.676. The second-order valence-corrected chi connectivity index (χ2v) is 6.12. The number of fused-ring (bicyclic) bond motifs is 1. The topological polar surface area (TPSA) is 76.7 Å². The number of hydrogen-bond acceptors (Lipinski definition) is 5. The summed E-state index contributed by atoms with van der Waals surface area (Å²) < 4.78 is 36.9. The highest BCUT2D eigenvalue weighted by Gasteiger charge is 2.20. The Morgan fingerprint density at radius 2 is 2.32 bits per heavy atom. The molecule has 2 N–H and O–H groups in total. The SMILES string of the molecule is COCCNS(=O)(=O)c1ccc2c(c1)NCC(C)O2. The fourth-order valence-electron chi connectivity index (χ4n) is 1.79. The molecule has 7 heteroatoms. The van der Waals surface area contributed by atoms with E-state index >= 15 is 0 Å². The van der Waals surface area contributed by atoms with Gasteiger partial charge in [0.05, 0.1) is 23.7 Å². The molecule has 19 heavy (non-hydrogen) atoms. The number of ether oxygens (including phenoxy) is 2. The lowest BCUT2D eigenvalue weighted by Gasteiger charge is -2.25. The summed E-state index contributed by atoms with van der Waals surface area (Å²) in [5.41, 5.74) is 0.702. The second-order valence-electron chi connectivity index (χ2n) is 4.36. The van der Waals surface area contributed by atoms with Crippen LogP contribution < -0.4 is 14.8 Å². The number of nitrogens with one attached hydrogen (secondary N) is 2. The van der Waals surface area contributed by atoms with Gasteiger partial charge in [0.25, 0.3) is 0 Å². The summed E-state index contributed by atoms with van der Waals surface area (Å²) >= 11 is 0. The molecule has 0 saturated heterocycles. The Bertz CT molecular complexity index is 545. The lowest BCUT2D eigenvalue weighted by molar-refractivity contribution is 0.204. The van der Waals surface area contributed by atoms with Gasteiger partial charge in [0, 0.05) is 13.7 Å². The van der Waals surface area contributed by atoms with Crippen molar-refractivity contribution in [2.24, 2.45) is 0 Å². The number of rotatable bonds is 5. The molecule has 0 amide bonds. The molecule has 0 aromatic heterocycles. The van der Waals surface area contributed by atoms with Gasteiger partial charge in [-0.15, -0.1) is 0 Å². The molecule has 1 unspecified atom stereocenters. The Hall–Kier alpha value is -1.31. The maximum atomic E-state index is 12.0. The Morgan fingerprint density at radius 3 is 3.05 bits per heavy atom. The maximum Gasteiger partial charge on any atom is 0.240 e. The van der Waals surface area contributed by atoms with E-state index in [-0.39, 0.29) is 17.5 Å². The summed E-state index contributed by atoms with van der Waals surface area (Å²) in [6.45, 7) is 3.19. The number of sulfonamides is 1. The third-order valence-electron chi connectivity index (χ3n) is 2.77. The van der Waals surface area contributed by atoms with Crippen LogP contribution in [0.2, 0.25) is 0 Å². The van der Waals surface area contributed by atoms with E-state index in [2.05, 4.69) is 10.0 Å². The van der Waals surface area contributed by atoms with Gasteiger partial charge in [-0.05, 0) is 25.1 Å². The Kier molecular flexibility index (Phi) is 4.28. The van der Waals surface area contributed by atoms with Crippen molar-refractivity contribution in [2.75, 3.05) is 32.1 Å². The van der Waals surface area contributed by atoms with Crippen LogP contribution in [0.15, 0.2) is 23.1 Å². The molecule has 1 aliphatic rings. The van der Waals surface area contributed by atoms with E-state index in [1.807, 2.05) is 6.92 Å². The molecule has 6 nitrogen and oxygen atoms in total. The third kappa shape index (κ3) is 3.37. The van der Waals surface area contributed by atoms with Crippen LogP contribution in [0.25, 0.3) is 0 Å². The van der Waals surface area contributed by atoms with Gasteiger partial charge in [-0.1, -0.05) is 0 Å². The number of benzene rings is 1. The standard InChI is InChI=1S/C12H18N2O4S/c1-9-8-13-11-7-10(3-4-12(11)18-9)19(15,16)14-5-6-17-2/h3-4,7,9,13-14H,5-6,8H2,1-2H3. The normalized spacial score (nSPS) is 18.3. The van der Waals surface area contributed by atoms with Crippen molar-refractivity contribution in [3.63, 3.8) is 0 Å². The summed E-state index contributed by atoms with van der Waals surface area (Å²) in [7, 11) is -1.98. The van der Waals surface area contributed by atoms with Crippen LogP contribution in [0.1, 0.15) is 6.92 Å². The maximum absolute atomic E-state index is 12.0. The molecule has 1 aromatic carbocycles. The van der Waals surface area contributed by atoms with Gasteiger partial charge in [0.15, 0.2) is 0 Å². The molecule has 1 aliphatic heterocycles. The van der Waals surface area contributed by atoms with Gasteiger partial charge < -0.3 is 14.8 Å². The molecule has 0 fully saturated rings. The van der Waals surface area contributed by atoms with E-state index in [1.54, 1.807) is 12.1 Å². The highest BCUT2D eigenvalue weighted by molar-refractivity contribution is 7.89. The average Bonchev–Trinajstić information content (AvgIpc) is 2.38. The number of methoxy groups -OCH3 is 1. The van der Waals surface area contributed by atoms with Gasteiger partial charge in [-0.25, -0.2) is 13.1 Å². The predicted molar refractivity (Wildman–Crippen MR) is 72.1 cm³/mol. The van der Waals surface area contributed by atoms with E-state index in [9.17, 15) is 8.42 Å². The zero-order valence-corrected chi connectivity index (χ0v) is 11.8. The molecule has 1 aromatic rings. The lowest BCUT2D eigenvalue weighted by atomic mass is 10.2. The lowest BCUT2D eigenvalue weighted by Crippen LogP contribution is -2.29. The molecule has 0 bridgehead atoms. The van der Waals surface area contributed by atoms with Crippen molar-refractivity contribution in [1.29, 1.82) is 0 Å². The van der Waals surface area contributed by atoms with E-state index in [0.717, 1.165) is 0 Å². The van der Waals surface area contributed by atoms with Crippen molar-refractivity contribution in [1.82, 2.24) is 4.72 Å². The molecule has 2 rings (SSSR count). The minimum absolute atomic E-state index is 0.0785. The molecule has 1 atom stereocenters. The van der Waals surface area contributed by atoms with Crippen molar-refractivity contribution < 1.29 is 17.9 Å². The first-order chi connectivity index (χ1) is 9.03. The smallest absolute Gasteiger partial charge is 0.240 e. The van der Waals surface area contributed by atoms with Crippen molar-refractivity contribution in [3.8, 4) is 5.75 Å². The highest BCUT2D eigenvalue weighted by Crippen LogP contribution is 2.31. The predicted octanol–water partition coefficient (Wildman–Crippen LogP) is 0.804. The largest absolute Gasteiger partial charge is 0.487 e. The third-order valence-corrected chi connectivity index (χ3v) is 4.23. The summed E-state index contributed by atoms with van der Waals surface area (Å²) in [6, 6.07) is 4.78. The molecule has 106 valence electrons. The van der Waals surface area contributed by atoms with Crippen LogP contribution >= 0.6 is 0 Å². The van der Waals surface area contributed by atoms with Crippen molar-refractivity contribution >= 4 is 15.7 Å².